The third-order valence-electron chi connectivity index (χ3n) is 4.56. The summed E-state index contributed by atoms with van der Waals surface area (Å²) in [7, 11) is 0. The lowest BCUT2D eigenvalue weighted by molar-refractivity contribution is -0.150. The van der Waals surface area contributed by atoms with Gasteiger partial charge in [-0.05, 0) is 30.0 Å². The Morgan fingerprint density at radius 3 is 2.38 bits per heavy atom. The van der Waals surface area contributed by atoms with E-state index in [2.05, 4.69) is 0 Å². The fourth-order valence-corrected chi connectivity index (χ4v) is 2.87. The molecule has 1 aliphatic rings. The summed E-state index contributed by atoms with van der Waals surface area (Å²) < 4.78 is 0. The molecule has 1 aromatic carbocycles. The van der Waals surface area contributed by atoms with Gasteiger partial charge in [0.05, 0.1) is 5.41 Å². The number of nitrogens with two attached hydrogens (primary N) is 1. The predicted octanol–water partition coefficient (Wildman–Crippen LogP) is 1.72. The highest BCUT2D eigenvalue weighted by molar-refractivity contribution is 5.95. The Morgan fingerprint density at radius 1 is 1.33 bits per heavy atom. The summed E-state index contributed by atoms with van der Waals surface area (Å²) in [4.78, 5) is 25.7. The van der Waals surface area contributed by atoms with E-state index >= 15 is 0 Å². The Hall–Kier alpha value is -1.88. The summed E-state index contributed by atoms with van der Waals surface area (Å²) in [5.74, 6) is -0.930. The minimum Gasteiger partial charge on any atom is -0.481 e. The number of carboxylic acids is 1. The molecule has 2 rings (SSSR count). The van der Waals surface area contributed by atoms with Crippen molar-refractivity contribution in [2.75, 3.05) is 13.1 Å². The minimum atomic E-state index is -0.827. The average molecular weight is 290 g/mol. The molecule has 1 aliphatic heterocycles. The summed E-state index contributed by atoms with van der Waals surface area (Å²) in [5.41, 5.74) is 6.26. The number of hydrogen-bond donors (Lipinski definition) is 2. The molecule has 21 heavy (non-hydrogen) atoms. The van der Waals surface area contributed by atoms with Gasteiger partial charge in [0.1, 0.15) is 0 Å². The molecule has 0 aliphatic carbocycles. The van der Waals surface area contributed by atoms with Crippen LogP contribution in [-0.2, 0) is 11.3 Å². The second-order valence-corrected chi connectivity index (χ2v) is 5.99. The van der Waals surface area contributed by atoms with Crippen LogP contribution >= 0.6 is 0 Å². The smallest absolute Gasteiger partial charge is 0.311 e. The summed E-state index contributed by atoms with van der Waals surface area (Å²) in [5, 5.41) is 9.52. The number of amides is 1. The molecule has 0 spiro atoms. The lowest BCUT2D eigenvalue weighted by atomic mass is 9.76. The summed E-state index contributed by atoms with van der Waals surface area (Å²) in [6.45, 7) is 5.00. The van der Waals surface area contributed by atoms with Crippen LogP contribution in [0, 0.1) is 11.3 Å². The molecule has 0 aromatic heterocycles. The van der Waals surface area contributed by atoms with E-state index in [0.717, 1.165) is 5.56 Å². The summed E-state index contributed by atoms with van der Waals surface area (Å²) in [6.07, 6.45) is 0.507. The largest absolute Gasteiger partial charge is 0.481 e. The van der Waals surface area contributed by atoms with Gasteiger partial charge in [-0.25, -0.2) is 0 Å². The average Bonchev–Trinajstić information content (AvgIpc) is 2.93. The van der Waals surface area contributed by atoms with Crippen LogP contribution in [0.5, 0.6) is 0 Å². The normalized spacial score (nSPS) is 21.8. The third-order valence-corrected chi connectivity index (χ3v) is 4.56. The highest BCUT2D eigenvalue weighted by Crippen LogP contribution is 2.38. The molecule has 5 heteroatoms. The molecule has 1 amide bonds. The van der Waals surface area contributed by atoms with E-state index in [-0.39, 0.29) is 18.4 Å². The SMILES string of the molecule is CC(C)C1(C(=O)O)CCN(C(=O)c2ccc(CN)cc2)C1. The van der Waals surface area contributed by atoms with E-state index in [0.29, 0.717) is 25.1 Å². The van der Waals surface area contributed by atoms with E-state index in [4.69, 9.17) is 5.73 Å². The highest BCUT2D eigenvalue weighted by Gasteiger charge is 2.48. The molecule has 1 aromatic rings. The molecule has 5 nitrogen and oxygen atoms in total. The zero-order valence-electron chi connectivity index (χ0n) is 12.5. The predicted molar refractivity (Wildman–Crippen MR) is 79.8 cm³/mol. The van der Waals surface area contributed by atoms with Gasteiger partial charge in [-0.3, -0.25) is 9.59 Å². The van der Waals surface area contributed by atoms with Gasteiger partial charge < -0.3 is 15.7 Å². The molecule has 114 valence electrons. The van der Waals surface area contributed by atoms with Crippen molar-refractivity contribution in [1.29, 1.82) is 0 Å². The Kier molecular flexibility index (Phi) is 4.32. The molecule has 1 fully saturated rings. The van der Waals surface area contributed by atoms with Gasteiger partial charge in [0.25, 0.3) is 5.91 Å². The summed E-state index contributed by atoms with van der Waals surface area (Å²) in [6, 6.07) is 7.16. The van der Waals surface area contributed by atoms with Crippen molar-refractivity contribution in [2.45, 2.75) is 26.8 Å². The number of rotatable bonds is 4. The van der Waals surface area contributed by atoms with E-state index in [1.165, 1.54) is 0 Å². The number of benzene rings is 1. The number of carbonyl (C=O) groups excluding carboxylic acids is 1. The maximum atomic E-state index is 12.5. The molecular formula is C16H22N2O3. The van der Waals surface area contributed by atoms with E-state index in [1.54, 1.807) is 17.0 Å². The fourth-order valence-electron chi connectivity index (χ4n) is 2.87. The zero-order valence-corrected chi connectivity index (χ0v) is 12.5. The van der Waals surface area contributed by atoms with Gasteiger partial charge in [0.15, 0.2) is 0 Å². The Labute approximate surface area is 124 Å². The first kappa shape index (κ1) is 15.5. The fraction of sp³-hybridized carbons (Fsp3) is 0.500. The first-order valence-electron chi connectivity index (χ1n) is 7.22. The van der Waals surface area contributed by atoms with Gasteiger partial charge in [-0.15, -0.1) is 0 Å². The quantitative estimate of drug-likeness (QED) is 0.884. The van der Waals surface area contributed by atoms with E-state index in [9.17, 15) is 14.7 Å². The second kappa shape index (κ2) is 5.85. The lowest BCUT2D eigenvalue weighted by Crippen LogP contribution is -2.40. The number of carbonyl (C=O) groups is 2. The molecular weight excluding hydrogens is 268 g/mol. The number of aliphatic carboxylic acids is 1. The van der Waals surface area contributed by atoms with Gasteiger partial charge in [0.2, 0.25) is 0 Å². The van der Waals surface area contributed by atoms with Crippen LogP contribution in [0.2, 0.25) is 0 Å². The molecule has 1 heterocycles. The van der Waals surface area contributed by atoms with Gasteiger partial charge >= 0.3 is 5.97 Å². The highest BCUT2D eigenvalue weighted by atomic mass is 16.4. The minimum absolute atomic E-state index is 0.00702. The second-order valence-electron chi connectivity index (χ2n) is 5.99. The van der Waals surface area contributed by atoms with Crippen LogP contribution in [0.4, 0.5) is 0 Å². The van der Waals surface area contributed by atoms with Crippen LogP contribution in [0.15, 0.2) is 24.3 Å². The molecule has 1 unspecified atom stereocenters. The van der Waals surface area contributed by atoms with Crippen molar-refractivity contribution in [3.8, 4) is 0 Å². The van der Waals surface area contributed by atoms with Crippen molar-refractivity contribution in [2.24, 2.45) is 17.1 Å². The maximum Gasteiger partial charge on any atom is 0.311 e. The molecule has 0 saturated carbocycles. The lowest BCUT2D eigenvalue weighted by Gasteiger charge is -2.28. The standard InChI is InChI=1S/C16H22N2O3/c1-11(2)16(15(20)21)7-8-18(10-16)14(19)13-5-3-12(9-17)4-6-13/h3-6,11H,7-10,17H2,1-2H3,(H,20,21). The number of nitrogens with zero attached hydrogens (tertiary/aromatic N) is 1. The monoisotopic (exact) mass is 290 g/mol. The zero-order chi connectivity index (χ0) is 15.6. The molecule has 0 radical (unpaired) electrons. The molecule has 1 atom stereocenters. The van der Waals surface area contributed by atoms with E-state index in [1.807, 2.05) is 26.0 Å². The Morgan fingerprint density at radius 2 is 1.95 bits per heavy atom. The Balaban J connectivity index is 2.16. The molecule has 0 bridgehead atoms. The topological polar surface area (TPSA) is 83.6 Å². The van der Waals surface area contributed by atoms with Crippen LogP contribution in [0.1, 0.15) is 36.2 Å². The number of carboxylic acid groups (broad SMARTS) is 1. The van der Waals surface area contributed by atoms with Crippen molar-refractivity contribution >= 4 is 11.9 Å². The van der Waals surface area contributed by atoms with Crippen molar-refractivity contribution in [1.82, 2.24) is 4.90 Å². The first-order valence-corrected chi connectivity index (χ1v) is 7.22. The third kappa shape index (κ3) is 2.78. The van der Waals surface area contributed by atoms with Gasteiger partial charge in [-0.1, -0.05) is 26.0 Å². The van der Waals surface area contributed by atoms with Crippen LogP contribution in [0.25, 0.3) is 0 Å². The van der Waals surface area contributed by atoms with Crippen LogP contribution in [-0.4, -0.2) is 35.0 Å². The van der Waals surface area contributed by atoms with Crippen molar-refractivity contribution < 1.29 is 14.7 Å². The van der Waals surface area contributed by atoms with E-state index < -0.39 is 11.4 Å². The van der Waals surface area contributed by atoms with Crippen molar-refractivity contribution in [3.05, 3.63) is 35.4 Å². The van der Waals surface area contributed by atoms with Gasteiger partial charge in [0, 0.05) is 25.2 Å². The maximum absolute atomic E-state index is 12.5. The Bertz CT molecular complexity index is 539. The molecule has 1 saturated heterocycles. The molecule has 3 N–H and O–H groups in total. The summed E-state index contributed by atoms with van der Waals surface area (Å²) >= 11 is 0. The first-order chi connectivity index (χ1) is 9.90. The number of likely N-dealkylation sites (tertiary alicyclic amines) is 1. The van der Waals surface area contributed by atoms with Crippen LogP contribution in [0.3, 0.4) is 0 Å². The number of hydrogen-bond acceptors (Lipinski definition) is 3. The van der Waals surface area contributed by atoms with Crippen LogP contribution < -0.4 is 5.73 Å². The van der Waals surface area contributed by atoms with Crippen molar-refractivity contribution in [3.63, 3.8) is 0 Å². The van der Waals surface area contributed by atoms with Gasteiger partial charge in [-0.2, -0.15) is 0 Å².